The molecule has 0 saturated carbocycles. The summed E-state index contributed by atoms with van der Waals surface area (Å²) in [7, 11) is 4.02. The van der Waals surface area contributed by atoms with Gasteiger partial charge >= 0.3 is 0 Å². The van der Waals surface area contributed by atoms with Crippen molar-refractivity contribution >= 4 is 0 Å². The van der Waals surface area contributed by atoms with Crippen LogP contribution in [0, 0.1) is 11.6 Å². The average Bonchev–Trinajstić information content (AvgIpc) is 2.27. The first kappa shape index (κ1) is 14.1. The van der Waals surface area contributed by atoms with Gasteiger partial charge in [-0.05, 0) is 58.7 Å². The summed E-state index contributed by atoms with van der Waals surface area (Å²) in [5.41, 5.74) is 0.384. The highest BCUT2D eigenvalue weighted by molar-refractivity contribution is 5.21. The van der Waals surface area contributed by atoms with E-state index >= 15 is 0 Å². The van der Waals surface area contributed by atoms with Crippen LogP contribution in [0.4, 0.5) is 8.78 Å². The Morgan fingerprint density at radius 2 is 2.00 bits per heavy atom. The predicted octanol–water partition coefficient (Wildman–Crippen LogP) is 2.57. The van der Waals surface area contributed by atoms with Gasteiger partial charge in [0.05, 0.1) is 0 Å². The van der Waals surface area contributed by atoms with Crippen molar-refractivity contribution in [1.29, 1.82) is 0 Å². The molecule has 1 aromatic rings. The van der Waals surface area contributed by atoms with Crippen LogP contribution in [0.5, 0.6) is 0 Å². The maximum Gasteiger partial charge on any atom is 0.128 e. The van der Waals surface area contributed by atoms with E-state index in [1.54, 1.807) is 0 Å². The summed E-state index contributed by atoms with van der Waals surface area (Å²) in [5.74, 6) is -0.762. The van der Waals surface area contributed by atoms with Gasteiger partial charge in [0, 0.05) is 11.6 Å². The third-order valence-electron chi connectivity index (χ3n) is 2.66. The van der Waals surface area contributed by atoms with Crippen LogP contribution in [0.3, 0.4) is 0 Å². The molecule has 0 radical (unpaired) electrons. The van der Waals surface area contributed by atoms with E-state index in [0.717, 1.165) is 25.6 Å². The molecular formula is C13H20F2N2. The number of hydrogen-bond acceptors (Lipinski definition) is 2. The van der Waals surface area contributed by atoms with Crippen LogP contribution in [0.15, 0.2) is 18.2 Å². The van der Waals surface area contributed by atoms with E-state index in [2.05, 4.69) is 10.2 Å². The second-order valence-corrected chi connectivity index (χ2v) is 4.50. The maximum atomic E-state index is 13.4. The van der Waals surface area contributed by atoms with Gasteiger partial charge < -0.3 is 10.2 Å². The predicted molar refractivity (Wildman–Crippen MR) is 65.9 cm³/mol. The highest BCUT2D eigenvalue weighted by atomic mass is 19.1. The number of hydrogen-bond donors (Lipinski definition) is 1. The van der Waals surface area contributed by atoms with Crippen LogP contribution in [-0.2, 0) is 0 Å². The number of nitrogens with one attached hydrogen (secondary N) is 1. The van der Waals surface area contributed by atoms with Gasteiger partial charge in [-0.25, -0.2) is 8.78 Å². The van der Waals surface area contributed by atoms with Crippen molar-refractivity contribution in [3.8, 4) is 0 Å². The van der Waals surface area contributed by atoms with Gasteiger partial charge in [0.1, 0.15) is 11.6 Å². The van der Waals surface area contributed by atoms with Crippen molar-refractivity contribution in [3.05, 3.63) is 35.4 Å². The van der Waals surface area contributed by atoms with E-state index in [4.69, 9.17) is 0 Å². The molecule has 2 nitrogen and oxygen atoms in total. The van der Waals surface area contributed by atoms with E-state index < -0.39 is 5.82 Å². The molecule has 0 fully saturated rings. The van der Waals surface area contributed by atoms with E-state index in [0.29, 0.717) is 5.56 Å². The molecule has 17 heavy (non-hydrogen) atoms. The van der Waals surface area contributed by atoms with Crippen molar-refractivity contribution in [2.75, 3.05) is 27.2 Å². The molecule has 0 aliphatic heterocycles. The molecule has 0 saturated heterocycles. The van der Waals surface area contributed by atoms with Crippen molar-refractivity contribution in [1.82, 2.24) is 10.2 Å². The van der Waals surface area contributed by atoms with Gasteiger partial charge in [-0.1, -0.05) is 0 Å². The maximum absolute atomic E-state index is 13.4. The zero-order valence-corrected chi connectivity index (χ0v) is 10.6. The van der Waals surface area contributed by atoms with Crippen LogP contribution < -0.4 is 5.32 Å². The zero-order valence-electron chi connectivity index (χ0n) is 10.6. The molecule has 0 aromatic heterocycles. The van der Waals surface area contributed by atoms with E-state index in [9.17, 15) is 8.78 Å². The van der Waals surface area contributed by atoms with Crippen molar-refractivity contribution in [2.24, 2.45) is 0 Å². The average molecular weight is 242 g/mol. The second kappa shape index (κ2) is 6.67. The Bertz CT molecular complexity index is 353. The van der Waals surface area contributed by atoms with E-state index in [-0.39, 0.29) is 11.9 Å². The first-order valence-corrected chi connectivity index (χ1v) is 5.83. The normalized spacial score (nSPS) is 13.1. The lowest BCUT2D eigenvalue weighted by atomic mass is 10.1. The highest BCUT2D eigenvalue weighted by Gasteiger charge is 2.11. The Kier molecular flexibility index (Phi) is 5.51. The van der Waals surface area contributed by atoms with Crippen LogP contribution in [0.25, 0.3) is 0 Å². The third kappa shape index (κ3) is 4.79. The van der Waals surface area contributed by atoms with Crippen molar-refractivity contribution < 1.29 is 8.78 Å². The molecular weight excluding hydrogens is 222 g/mol. The Morgan fingerprint density at radius 3 is 2.65 bits per heavy atom. The van der Waals surface area contributed by atoms with Gasteiger partial charge in [0.2, 0.25) is 0 Å². The van der Waals surface area contributed by atoms with Crippen LogP contribution in [0.2, 0.25) is 0 Å². The smallest absolute Gasteiger partial charge is 0.128 e. The Morgan fingerprint density at radius 1 is 1.29 bits per heavy atom. The summed E-state index contributed by atoms with van der Waals surface area (Å²) in [6, 6.07) is 3.38. The molecule has 0 aliphatic carbocycles. The van der Waals surface area contributed by atoms with Gasteiger partial charge in [-0.2, -0.15) is 0 Å². The summed E-state index contributed by atoms with van der Waals surface area (Å²) in [5, 5.41) is 3.19. The molecule has 0 aliphatic rings. The van der Waals surface area contributed by atoms with E-state index in [1.807, 2.05) is 21.0 Å². The molecule has 1 rings (SSSR count). The molecule has 1 aromatic carbocycles. The third-order valence-corrected chi connectivity index (χ3v) is 2.66. The fourth-order valence-corrected chi connectivity index (χ4v) is 1.67. The molecule has 1 unspecified atom stereocenters. The SMILES string of the molecule is CC(NCCCN(C)C)c1cc(F)ccc1F. The quantitative estimate of drug-likeness (QED) is 0.771. The van der Waals surface area contributed by atoms with Crippen LogP contribution in [-0.4, -0.2) is 32.1 Å². The van der Waals surface area contributed by atoms with Crippen LogP contribution in [0.1, 0.15) is 24.9 Å². The van der Waals surface area contributed by atoms with Gasteiger partial charge in [-0.15, -0.1) is 0 Å². The van der Waals surface area contributed by atoms with Crippen molar-refractivity contribution in [2.45, 2.75) is 19.4 Å². The molecule has 0 bridgehead atoms. The minimum Gasteiger partial charge on any atom is -0.310 e. The molecule has 96 valence electrons. The Balaban J connectivity index is 2.46. The molecule has 0 heterocycles. The fraction of sp³-hybridized carbons (Fsp3) is 0.538. The molecule has 1 atom stereocenters. The van der Waals surface area contributed by atoms with Crippen LogP contribution >= 0.6 is 0 Å². The molecule has 1 N–H and O–H groups in total. The fourth-order valence-electron chi connectivity index (χ4n) is 1.67. The second-order valence-electron chi connectivity index (χ2n) is 4.50. The summed E-state index contributed by atoms with van der Waals surface area (Å²) in [4.78, 5) is 2.09. The largest absolute Gasteiger partial charge is 0.310 e. The first-order chi connectivity index (χ1) is 8.00. The Labute approximate surface area is 102 Å². The topological polar surface area (TPSA) is 15.3 Å². The summed E-state index contributed by atoms with van der Waals surface area (Å²) < 4.78 is 26.4. The lowest BCUT2D eigenvalue weighted by Crippen LogP contribution is -2.24. The van der Waals surface area contributed by atoms with Gasteiger partial charge in [0.15, 0.2) is 0 Å². The highest BCUT2D eigenvalue weighted by Crippen LogP contribution is 2.17. The lowest BCUT2D eigenvalue weighted by molar-refractivity contribution is 0.387. The molecule has 0 amide bonds. The van der Waals surface area contributed by atoms with Gasteiger partial charge in [0.25, 0.3) is 0 Å². The lowest BCUT2D eigenvalue weighted by Gasteiger charge is -2.16. The molecule has 0 spiro atoms. The standard InChI is InChI=1S/C13H20F2N2/c1-10(16-7-4-8-17(2)3)12-9-11(14)5-6-13(12)15/h5-6,9-10,16H,4,7-8H2,1-3H3. The van der Waals surface area contributed by atoms with E-state index in [1.165, 1.54) is 12.1 Å². The minimum atomic E-state index is -0.400. The summed E-state index contributed by atoms with van der Waals surface area (Å²) in [6.07, 6.45) is 0.980. The van der Waals surface area contributed by atoms with Crippen molar-refractivity contribution in [3.63, 3.8) is 0 Å². The zero-order chi connectivity index (χ0) is 12.8. The van der Waals surface area contributed by atoms with Gasteiger partial charge in [-0.3, -0.25) is 0 Å². The number of nitrogens with zero attached hydrogens (tertiary/aromatic N) is 1. The summed E-state index contributed by atoms with van der Waals surface area (Å²) in [6.45, 7) is 3.61. The first-order valence-electron chi connectivity index (χ1n) is 5.83. The Hall–Kier alpha value is -1.00. The summed E-state index contributed by atoms with van der Waals surface area (Å²) >= 11 is 0. The number of halogens is 2. The number of rotatable bonds is 6. The minimum absolute atomic E-state index is 0.173. The number of benzene rings is 1. The molecule has 4 heteroatoms. The monoisotopic (exact) mass is 242 g/mol.